The quantitative estimate of drug-likeness (QED) is 0.675. The van der Waals surface area contributed by atoms with Crippen LogP contribution in [-0.2, 0) is 6.54 Å². The minimum atomic E-state index is -0.572. The highest BCUT2D eigenvalue weighted by molar-refractivity contribution is 5.94. The predicted octanol–water partition coefficient (Wildman–Crippen LogP) is 4.07. The Labute approximate surface area is 166 Å². The molecule has 0 aliphatic heterocycles. The number of hydrogen-bond donors (Lipinski definition) is 1. The Kier molecular flexibility index (Phi) is 6.26. The summed E-state index contributed by atoms with van der Waals surface area (Å²) < 4.78 is 1.96. The SMILES string of the molecule is CCn1ncc(-c2ccc(C(=O)N(C)CCC(O)c3ccccc3)cc2)c1C. The highest BCUT2D eigenvalue weighted by atomic mass is 16.3. The fourth-order valence-corrected chi connectivity index (χ4v) is 3.32. The summed E-state index contributed by atoms with van der Waals surface area (Å²) in [6.45, 7) is 5.44. The van der Waals surface area contributed by atoms with Gasteiger partial charge in [-0.15, -0.1) is 0 Å². The van der Waals surface area contributed by atoms with Crippen LogP contribution in [0.1, 0.15) is 41.1 Å². The molecule has 0 radical (unpaired) electrons. The van der Waals surface area contributed by atoms with Crippen molar-refractivity contribution in [3.63, 3.8) is 0 Å². The zero-order valence-corrected chi connectivity index (χ0v) is 16.7. The summed E-state index contributed by atoms with van der Waals surface area (Å²) in [6.07, 6.45) is 1.80. The van der Waals surface area contributed by atoms with Crippen molar-refractivity contribution < 1.29 is 9.90 Å². The van der Waals surface area contributed by atoms with E-state index >= 15 is 0 Å². The molecule has 28 heavy (non-hydrogen) atoms. The molecular formula is C23H27N3O2. The van der Waals surface area contributed by atoms with Gasteiger partial charge in [0.15, 0.2) is 0 Å². The molecule has 146 valence electrons. The van der Waals surface area contributed by atoms with Gasteiger partial charge in [-0.3, -0.25) is 9.48 Å². The number of aryl methyl sites for hydroxylation is 1. The largest absolute Gasteiger partial charge is 0.388 e. The lowest BCUT2D eigenvalue weighted by atomic mass is 10.0. The van der Waals surface area contributed by atoms with Gasteiger partial charge in [-0.25, -0.2) is 0 Å². The molecule has 2 aromatic carbocycles. The van der Waals surface area contributed by atoms with Gasteiger partial charge in [0.05, 0.1) is 12.3 Å². The highest BCUT2D eigenvalue weighted by Crippen LogP contribution is 2.24. The molecule has 1 heterocycles. The maximum atomic E-state index is 12.7. The molecular weight excluding hydrogens is 350 g/mol. The van der Waals surface area contributed by atoms with Gasteiger partial charge < -0.3 is 10.0 Å². The van der Waals surface area contributed by atoms with E-state index in [1.54, 1.807) is 11.9 Å². The van der Waals surface area contributed by atoms with E-state index in [0.29, 0.717) is 18.5 Å². The van der Waals surface area contributed by atoms with Crippen molar-refractivity contribution >= 4 is 5.91 Å². The Bertz CT molecular complexity index is 917. The molecule has 1 aromatic heterocycles. The number of hydrogen-bond acceptors (Lipinski definition) is 3. The molecule has 0 saturated carbocycles. The third-order valence-corrected chi connectivity index (χ3v) is 5.11. The van der Waals surface area contributed by atoms with Crippen LogP contribution >= 0.6 is 0 Å². The standard InChI is InChI=1S/C23H27N3O2/c1-4-26-17(2)21(16-24-26)18-10-12-20(13-11-18)23(28)25(3)15-14-22(27)19-8-6-5-7-9-19/h5-13,16,22,27H,4,14-15H2,1-3H3. The molecule has 0 aliphatic rings. The molecule has 0 saturated heterocycles. The van der Waals surface area contributed by atoms with Gasteiger partial charge in [-0.1, -0.05) is 42.5 Å². The van der Waals surface area contributed by atoms with E-state index in [2.05, 4.69) is 18.9 Å². The van der Waals surface area contributed by atoms with Crippen LogP contribution in [0.3, 0.4) is 0 Å². The van der Waals surface area contributed by atoms with E-state index in [1.165, 1.54) is 0 Å². The monoisotopic (exact) mass is 377 g/mol. The number of carbonyl (C=O) groups is 1. The lowest BCUT2D eigenvalue weighted by Gasteiger charge is -2.19. The molecule has 1 atom stereocenters. The van der Waals surface area contributed by atoms with Crippen LogP contribution in [-0.4, -0.2) is 39.3 Å². The lowest BCUT2D eigenvalue weighted by Crippen LogP contribution is -2.28. The fraction of sp³-hybridized carbons (Fsp3) is 0.304. The molecule has 1 amide bonds. The van der Waals surface area contributed by atoms with Crippen LogP contribution in [0.25, 0.3) is 11.1 Å². The van der Waals surface area contributed by atoms with Gasteiger partial charge in [0.1, 0.15) is 0 Å². The molecule has 0 aliphatic carbocycles. The topological polar surface area (TPSA) is 58.4 Å². The molecule has 3 rings (SSSR count). The number of rotatable bonds is 7. The van der Waals surface area contributed by atoms with Gasteiger partial charge in [0.25, 0.3) is 5.91 Å². The highest BCUT2D eigenvalue weighted by Gasteiger charge is 2.15. The number of nitrogens with zero attached hydrogens (tertiary/aromatic N) is 3. The van der Waals surface area contributed by atoms with E-state index in [4.69, 9.17) is 0 Å². The number of aromatic nitrogens is 2. The molecule has 5 heteroatoms. The van der Waals surface area contributed by atoms with Crippen LogP contribution < -0.4 is 0 Å². The summed E-state index contributed by atoms with van der Waals surface area (Å²) in [5.41, 5.74) is 4.77. The van der Waals surface area contributed by atoms with Crippen molar-refractivity contribution in [2.24, 2.45) is 0 Å². The average Bonchev–Trinajstić information content (AvgIpc) is 3.12. The Morgan fingerprint density at radius 3 is 2.43 bits per heavy atom. The number of amides is 1. The normalized spacial score (nSPS) is 12.0. The predicted molar refractivity (Wildman–Crippen MR) is 111 cm³/mol. The second kappa shape index (κ2) is 8.85. The van der Waals surface area contributed by atoms with Gasteiger partial charge in [-0.05, 0) is 43.5 Å². The summed E-state index contributed by atoms with van der Waals surface area (Å²) in [5, 5.41) is 14.7. The van der Waals surface area contributed by atoms with Gasteiger partial charge in [0, 0.05) is 37.0 Å². The molecule has 0 bridgehead atoms. The molecule has 1 unspecified atom stereocenters. The maximum Gasteiger partial charge on any atom is 0.253 e. The first kappa shape index (κ1) is 19.8. The lowest BCUT2D eigenvalue weighted by molar-refractivity contribution is 0.0761. The van der Waals surface area contributed by atoms with Crippen molar-refractivity contribution in [3.8, 4) is 11.1 Å². The van der Waals surface area contributed by atoms with Gasteiger partial charge in [0.2, 0.25) is 0 Å². The Morgan fingerprint density at radius 2 is 1.82 bits per heavy atom. The summed E-state index contributed by atoms with van der Waals surface area (Å²) in [7, 11) is 1.77. The first-order valence-electron chi connectivity index (χ1n) is 9.62. The summed E-state index contributed by atoms with van der Waals surface area (Å²) in [6, 6.07) is 17.1. The number of benzene rings is 2. The van der Waals surface area contributed by atoms with Crippen molar-refractivity contribution in [1.29, 1.82) is 0 Å². The van der Waals surface area contributed by atoms with E-state index < -0.39 is 6.10 Å². The van der Waals surface area contributed by atoms with E-state index in [1.807, 2.05) is 65.5 Å². The third-order valence-electron chi connectivity index (χ3n) is 5.11. The Hall–Kier alpha value is -2.92. The summed E-state index contributed by atoms with van der Waals surface area (Å²) >= 11 is 0. The van der Waals surface area contributed by atoms with Crippen LogP contribution in [0.15, 0.2) is 60.8 Å². The second-order valence-corrected chi connectivity index (χ2v) is 6.98. The van der Waals surface area contributed by atoms with Crippen LogP contribution in [0.4, 0.5) is 0 Å². The van der Waals surface area contributed by atoms with Gasteiger partial charge >= 0.3 is 0 Å². The van der Waals surface area contributed by atoms with Gasteiger partial charge in [-0.2, -0.15) is 5.10 Å². The van der Waals surface area contributed by atoms with Crippen molar-refractivity contribution in [2.45, 2.75) is 32.9 Å². The third kappa shape index (κ3) is 4.31. The minimum absolute atomic E-state index is 0.0483. The first-order valence-corrected chi connectivity index (χ1v) is 9.62. The second-order valence-electron chi connectivity index (χ2n) is 6.98. The zero-order chi connectivity index (χ0) is 20.1. The maximum absolute atomic E-state index is 12.7. The molecule has 0 fully saturated rings. The van der Waals surface area contributed by atoms with Crippen molar-refractivity contribution in [2.75, 3.05) is 13.6 Å². The minimum Gasteiger partial charge on any atom is -0.388 e. The molecule has 5 nitrogen and oxygen atoms in total. The van der Waals surface area contributed by atoms with Crippen molar-refractivity contribution in [3.05, 3.63) is 77.6 Å². The van der Waals surface area contributed by atoms with Crippen LogP contribution in [0.5, 0.6) is 0 Å². The summed E-state index contributed by atoms with van der Waals surface area (Å²) in [5.74, 6) is -0.0483. The molecule has 1 N–H and O–H groups in total. The first-order chi connectivity index (χ1) is 13.5. The smallest absolute Gasteiger partial charge is 0.253 e. The van der Waals surface area contributed by atoms with Crippen LogP contribution in [0, 0.1) is 6.92 Å². The number of aliphatic hydroxyl groups excluding tert-OH is 1. The Morgan fingerprint density at radius 1 is 1.14 bits per heavy atom. The van der Waals surface area contributed by atoms with Crippen molar-refractivity contribution in [1.82, 2.24) is 14.7 Å². The van der Waals surface area contributed by atoms with E-state index in [-0.39, 0.29) is 5.91 Å². The fourth-order valence-electron chi connectivity index (χ4n) is 3.32. The van der Waals surface area contributed by atoms with E-state index in [9.17, 15) is 9.90 Å². The van der Waals surface area contributed by atoms with E-state index in [0.717, 1.165) is 28.9 Å². The molecule has 0 spiro atoms. The summed E-state index contributed by atoms with van der Waals surface area (Å²) in [4.78, 5) is 14.3. The average molecular weight is 377 g/mol. The Balaban J connectivity index is 1.63. The van der Waals surface area contributed by atoms with Crippen LogP contribution in [0.2, 0.25) is 0 Å². The number of aliphatic hydroxyl groups is 1. The zero-order valence-electron chi connectivity index (χ0n) is 16.7. The number of carbonyl (C=O) groups excluding carboxylic acids is 1. The molecule has 3 aromatic rings.